The van der Waals surface area contributed by atoms with Gasteiger partial charge >= 0.3 is 0 Å². The Balaban J connectivity index is 1.98. The summed E-state index contributed by atoms with van der Waals surface area (Å²) in [6, 6.07) is 8.35. The van der Waals surface area contributed by atoms with Crippen molar-refractivity contribution in [3.63, 3.8) is 0 Å². The van der Waals surface area contributed by atoms with E-state index in [2.05, 4.69) is 45.7 Å². The van der Waals surface area contributed by atoms with E-state index in [9.17, 15) is 8.42 Å². The van der Waals surface area contributed by atoms with Crippen molar-refractivity contribution in [3.8, 4) is 0 Å². The van der Waals surface area contributed by atoms with Crippen LogP contribution in [0.3, 0.4) is 0 Å². The lowest BCUT2D eigenvalue weighted by Gasteiger charge is -2.17. The molecule has 1 atom stereocenters. The molecule has 144 valence electrons. The number of hydrogen-bond acceptors (Lipinski definition) is 3. The van der Waals surface area contributed by atoms with Crippen LogP contribution in [0, 0.1) is 6.92 Å². The first-order valence-electron chi connectivity index (χ1n) is 9.09. The van der Waals surface area contributed by atoms with Gasteiger partial charge in [0.15, 0.2) is 5.96 Å². The summed E-state index contributed by atoms with van der Waals surface area (Å²) in [5.41, 5.74) is 3.63. The van der Waals surface area contributed by atoms with Crippen molar-refractivity contribution in [2.24, 2.45) is 4.99 Å². The lowest BCUT2D eigenvalue weighted by molar-refractivity contribution is 0.581. The zero-order chi connectivity index (χ0) is 19.2. The molecule has 0 amide bonds. The topological polar surface area (TPSA) is 86.3 Å². The predicted molar refractivity (Wildman–Crippen MR) is 110 cm³/mol. The van der Waals surface area contributed by atoms with E-state index >= 15 is 0 Å². The fourth-order valence-corrected chi connectivity index (χ4v) is 3.73. The second kappa shape index (κ2) is 9.07. The minimum Gasteiger partial charge on any atom is -0.358 e. The number of aromatic nitrogens is 1. The Morgan fingerprint density at radius 2 is 2.04 bits per heavy atom. The number of aliphatic imine (C=N–C) groups is 1. The quantitative estimate of drug-likeness (QED) is 0.486. The number of para-hydroxylation sites is 1. The highest BCUT2D eigenvalue weighted by molar-refractivity contribution is 7.90. The van der Waals surface area contributed by atoms with Gasteiger partial charge in [-0.05, 0) is 45.2 Å². The van der Waals surface area contributed by atoms with E-state index < -0.39 is 9.84 Å². The summed E-state index contributed by atoms with van der Waals surface area (Å²) in [6.45, 7) is 7.51. The molecule has 0 bridgehead atoms. The van der Waals surface area contributed by atoms with Crippen molar-refractivity contribution in [2.75, 3.05) is 25.1 Å². The molecule has 2 rings (SSSR count). The Morgan fingerprint density at radius 1 is 1.31 bits per heavy atom. The summed E-state index contributed by atoms with van der Waals surface area (Å²) in [5, 5.41) is 7.76. The number of aryl methyl sites for hydroxylation is 1. The summed E-state index contributed by atoms with van der Waals surface area (Å²) in [6.07, 6.45) is 2.68. The van der Waals surface area contributed by atoms with Gasteiger partial charge in [0.25, 0.3) is 0 Å². The van der Waals surface area contributed by atoms with Crippen LogP contribution >= 0.6 is 0 Å². The van der Waals surface area contributed by atoms with Gasteiger partial charge in [-0.3, -0.25) is 4.99 Å². The second-order valence-corrected chi connectivity index (χ2v) is 9.01. The molecule has 0 radical (unpaired) electrons. The lowest BCUT2D eigenvalue weighted by Crippen LogP contribution is -2.43. The first-order chi connectivity index (χ1) is 12.3. The molecule has 0 aliphatic rings. The molecule has 0 aliphatic carbocycles. The molecule has 1 unspecified atom stereocenters. The summed E-state index contributed by atoms with van der Waals surface area (Å²) in [7, 11) is -2.94. The van der Waals surface area contributed by atoms with E-state index in [4.69, 9.17) is 0 Å². The van der Waals surface area contributed by atoms with Crippen molar-refractivity contribution in [2.45, 2.75) is 39.7 Å². The minimum atomic E-state index is -2.94. The van der Waals surface area contributed by atoms with Crippen LogP contribution in [-0.4, -0.2) is 50.5 Å². The van der Waals surface area contributed by atoms with E-state index in [1.165, 1.54) is 22.9 Å². The van der Waals surface area contributed by atoms with E-state index in [0.717, 1.165) is 24.4 Å². The number of benzene rings is 1. The lowest BCUT2D eigenvalue weighted by atomic mass is 10.1. The first kappa shape index (κ1) is 20.3. The third-order valence-electron chi connectivity index (χ3n) is 4.31. The normalized spacial score (nSPS) is 13.8. The van der Waals surface area contributed by atoms with Crippen molar-refractivity contribution >= 4 is 26.7 Å². The average Bonchev–Trinajstić information content (AvgIpc) is 2.88. The van der Waals surface area contributed by atoms with Crippen LogP contribution in [0.1, 0.15) is 31.5 Å². The monoisotopic (exact) mass is 378 g/mol. The van der Waals surface area contributed by atoms with Gasteiger partial charge in [-0.1, -0.05) is 18.2 Å². The molecular weight excluding hydrogens is 348 g/mol. The van der Waals surface area contributed by atoms with Crippen LogP contribution in [-0.2, 0) is 16.3 Å². The Hall–Kier alpha value is -2.02. The summed E-state index contributed by atoms with van der Waals surface area (Å²) < 4.78 is 22.6. The zero-order valence-corrected chi connectivity index (χ0v) is 16.9. The van der Waals surface area contributed by atoms with Crippen molar-refractivity contribution < 1.29 is 8.42 Å². The number of nitrogens with zero attached hydrogens (tertiary/aromatic N) is 1. The van der Waals surface area contributed by atoms with Gasteiger partial charge in [0.1, 0.15) is 9.84 Å². The average molecular weight is 379 g/mol. The van der Waals surface area contributed by atoms with Gasteiger partial charge in [0.05, 0.1) is 5.75 Å². The zero-order valence-electron chi connectivity index (χ0n) is 16.1. The van der Waals surface area contributed by atoms with Crippen LogP contribution < -0.4 is 10.6 Å². The van der Waals surface area contributed by atoms with Crippen LogP contribution in [0.4, 0.5) is 0 Å². The molecule has 26 heavy (non-hydrogen) atoms. The Morgan fingerprint density at radius 3 is 2.73 bits per heavy atom. The van der Waals surface area contributed by atoms with Crippen molar-refractivity contribution in [3.05, 3.63) is 35.5 Å². The molecule has 0 spiro atoms. The van der Waals surface area contributed by atoms with E-state index in [-0.39, 0.29) is 11.8 Å². The molecule has 3 N–H and O–H groups in total. The smallest absolute Gasteiger partial charge is 0.191 e. The van der Waals surface area contributed by atoms with Gasteiger partial charge < -0.3 is 15.6 Å². The maximum absolute atomic E-state index is 11.3. The minimum absolute atomic E-state index is 0.0392. The molecular formula is C19H30N4O2S. The fraction of sp³-hybridized carbons (Fsp3) is 0.526. The number of nitrogens with one attached hydrogen (secondary N) is 3. The summed E-state index contributed by atoms with van der Waals surface area (Å²) in [5.74, 6) is 0.903. The Labute approximate surface area is 156 Å². The molecule has 0 saturated heterocycles. The number of rotatable bonds is 8. The molecule has 7 heteroatoms. The number of hydrogen-bond donors (Lipinski definition) is 3. The van der Waals surface area contributed by atoms with E-state index in [1.54, 1.807) is 0 Å². The van der Waals surface area contributed by atoms with Crippen molar-refractivity contribution in [1.29, 1.82) is 0 Å². The summed E-state index contributed by atoms with van der Waals surface area (Å²) in [4.78, 5) is 8.07. The SMILES string of the molecule is CCNC(=NCCc1c(C)[nH]c2ccccc12)NC(C)CCS(C)(=O)=O. The Bertz CT molecular complexity index is 856. The maximum atomic E-state index is 11.3. The number of guanidine groups is 1. The highest BCUT2D eigenvalue weighted by atomic mass is 32.2. The summed E-state index contributed by atoms with van der Waals surface area (Å²) >= 11 is 0. The van der Waals surface area contributed by atoms with Crippen LogP contribution in [0.15, 0.2) is 29.3 Å². The molecule has 0 saturated carbocycles. The first-order valence-corrected chi connectivity index (χ1v) is 11.1. The highest BCUT2D eigenvalue weighted by Crippen LogP contribution is 2.22. The number of fused-ring (bicyclic) bond motifs is 1. The molecule has 6 nitrogen and oxygen atoms in total. The highest BCUT2D eigenvalue weighted by Gasteiger charge is 2.10. The van der Waals surface area contributed by atoms with Crippen molar-refractivity contribution in [1.82, 2.24) is 15.6 Å². The second-order valence-electron chi connectivity index (χ2n) is 6.75. The van der Waals surface area contributed by atoms with Gasteiger partial charge in [-0.2, -0.15) is 0 Å². The maximum Gasteiger partial charge on any atom is 0.191 e. The van der Waals surface area contributed by atoms with Gasteiger partial charge in [0.2, 0.25) is 0 Å². The molecule has 1 aromatic carbocycles. The van der Waals surface area contributed by atoms with E-state index in [1.807, 2.05) is 19.9 Å². The van der Waals surface area contributed by atoms with Gasteiger partial charge in [-0.25, -0.2) is 8.42 Å². The van der Waals surface area contributed by atoms with Crippen LogP contribution in [0.25, 0.3) is 10.9 Å². The molecule has 0 aliphatic heterocycles. The number of H-pyrrole nitrogens is 1. The standard InChI is InChI=1S/C19H30N4O2S/c1-5-20-19(22-14(2)11-13-26(4,24)25)21-12-10-16-15(3)23-18-9-7-6-8-17(16)18/h6-9,14,23H,5,10-13H2,1-4H3,(H2,20,21,22). The predicted octanol–water partition coefficient (Wildman–Crippen LogP) is 2.40. The van der Waals surface area contributed by atoms with Gasteiger partial charge in [0, 0.05) is 42.0 Å². The van der Waals surface area contributed by atoms with Gasteiger partial charge in [-0.15, -0.1) is 0 Å². The fourth-order valence-electron chi connectivity index (χ4n) is 2.95. The third kappa shape index (κ3) is 6.05. The van der Waals surface area contributed by atoms with Crippen LogP contribution in [0.5, 0.6) is 0 Å². The molecule has 2 aromatic rings. The molecule has 1 heterocycles. The van der Waals surface area contributed by atoms with E-state index in [0.29, 0.717) is 13.0 Å². The Kier molecular flexibility index (Phi) is 7.08. The number of sulfone groups is 1. The molecule has 1 aromatic heterocycles. The van der Waals surface area contributed by atoms with Crippen LogP contribution in [0.2, 0.25) is 0 Å². The number of aromatic amines is 1. The third-order valence-corrected chi connectivity index (χ3v) is 5.29. The largest absolute Gasteiger partial charge is 0.358 e. The molecule has 0 fully saturated rings.